The molecule has 0 fully saturated rings. The summed E-state index contributed by atoms with van der Waals surface area (Å²) in [5, 5.41) is 0.0879. The zero-order valence-corrected chi connectivity index (χ0v) is 10.7. The van der Waals surface area contributed by atoms with Crippen molar-refractivity contribution in [3.8, 4) is 11.3 Å². The lowest BCUT2D eigenvalue weighted by molar-refractivity contribution is 0.628. The van der Waals surface area contributed by atoms with Crippen molar-refractivity contribution in [1.29, 1.82) is 0 Å². The van der Waals surface area contributed by atoms with Crippen LogP contribution in [0.5, 0.6) is 0 Å². The van der Waals surface area contributed by atoms with Crippen LogP contribution in [0.2, 0.25) is 5.02 Å². The van der Waals surface area contributed by atoms with Gasteiger partial charge in [0.25, 0.3) is 0 Å². The second-order valence-corrected chi connectivity index (χ2v) is 4.47. The molecule has 0 saturated heterocycles. The van der Waals surface area contributed by atoms with Crippen LogP contribution in [0.1, 0.15) is 5.82 Å². The first-order chi connectivity index (χ1) is 7.56. The molecule has 1 heterocycles. The van der Waals surface area contributed by atoms with Crippen LogP contribution in [0.25, 0.3) is 11.3 Å². The number of hydrogen-bond acceptors (Lipinski definition) is 2. The van der Waals surface area contributed by atoms with Crippen molar-refractivity contribution >= 4 is 27.5 Å². The van der Waals surface area contributed by atoms with E-state index in [0.717, 1.165) is 5.56 Å². The second-order valence-electron chi connectivity index (χ2n) is 3.25. The lowest BCUT2D eigenvalue weighted by atomic mass is 10.1. The van der Waals surface area contributed by atoms with Crippen LogP contribution in [-0.4, -0.2) is 9.97 Å². The molecule has 0 aliphatic carbocycles. The van der Waals surface area contributed by atoms with Crippen molar-refractivity contribution in [3.05, 3.63) is 45.5 Å². The first-order valence-corrected chi connectivity index (χ1v) is 5.70. The standard InChI is InChI=1S/C11H7BrClFN2/c1-6-15-10(5-11(12)16-6)7-2-3-9(14)8(13)4-7/h2-5H,1H3. The maximum absolute atomic E-state index is 13.0. The van der Waals surface area contributed by atoms with Crippen molar-refractivity contribution in [2.45, 2.75) is 6.92 Å². The molecule has 5 heteroatoms. The Bertz CT molecular complexity index is 525. The maximum atomic E-state index is 13.0. The summed E-state index contributed by atoms with van der Waals surface area (Å²) in [5.74, 6) is 0.208. The molecular formula is C11H7BrClFN2. The summed E-state index contributed by atoms with van der Waals surface area (Å²) in [4.78, 5) is 8.35. The highest BCUT2D eigenvalue weighted by Crippen LogP contribution is 2.24. The quantitative estimate of drug-likeness (QED) is 0.744. The van der Waals surface area contributed by atoms with E-state index in [1.54, 1.807) is 25.1 Å². The minimum Gasteiger partial charge on any atom is -0.233 e. The van der Waals surface area contributed by atoms with Gasteiger partial charge in [0.1, 0.15) is 16.2 Å². The topological polar surface area (TPSA) is 25.8 Å². The van der Waals surface area contributed by atoms with E-state index in [-0.39, 0.29) is 5.02 Å². The number of halogens is 3. The van der Waals surface area contributed by atoms with Crippen molar-refractivity contribution in [3.63, 3.8) is 0 Å². The molecule has 2 nitrogen and oxygen atoms in total. The van der Waals surface area contributed by atoms with Crippen LogP contribution < -0.4 is 0 Å². The van der Waals surface area contributed by atoms with Gasteiger partial charge in [-0.2, -0.15) is 0 Å². The van der Waals surface area contributed by atoms with Crippen LogP contribution in [0.3, 0.4) is 0 Å². The minimum absolute atomic E-state index is 0.0879. The molecule has 0 bridgehead atoms. The van der Waals surface area contributed by atoms with Gasteiger partial charge in [0.2, 0.25) is 0 Å². The smallest absolute Gasteiger partial charge is 0.141 e. The molecule has 1 aromatic carbocycles. The molecule has 0 atom stereocenters. The molecule has 82 valence electrons. The summed E-state index contributed by atoms with van der Waals surface area (Å²) in [6, 6.07) is 6.26. The number of aromatic nitrogens is 2. The molecule has 0 aliphatic rings. The van der Waals surface area contributed by atoms with Gasteiger partial charge in [-0.25, -0.2) is 14.4 Å². The van der Waals surface area contributed by atoms with E-state index in [0.29, 0.717) is 16.1 Å². The predicted octanol–water partition coefficient (Wildman–Crippen LogP) is 4.01. The SMILES string of the molecule is Cc1nc(Br)cc(-c2ccc(F)c(Cl)c2)n1. The third kappa shape index (κ3) is 2.39. The van der Waals surface area contributed by atoms with Gasteiger partial charge in [0.15, 0.2) is 0 Å². The fraction of sp³-hybridized carbons (Fsp3) is 0.0909. The zero-order valence-electron chi connectivity index (χ0n) is 8.34. The highest BCUT2D eigenvalue weighted by atomic mass is 79.9. The number of hydrogen-bond donors (Lipinski definition) is 0. The Morgan fingerprint density at radius 3 is 2.62 bits per heavy atom. The second kappa shape index (κ2) is 4.47. The van der Waals surface area contributed by atoms with Crippen LogP contribution in [-0.2, 0) is 0 Å². The van der Waals surface area contributed by atoms with Crippen molar-refractivity contribution < 1.29 is 4.39 Å². The van der Waals surface area contributed by atoms with Crippen LogP contribution in [0, 0.1) is 12.7 Å². The number of benzene rings is 1. The Labute approximate surface area is 106 Å². The molecule has 0 unspecified atom stereocenters. The van der Waals surface area contributed by atoms with Crippen LogP contribution >= 0.6 is 27.5 Å². The lowest BCUT2D eigenvalue weighted by Crippen LogP contribution is -1.92. The van der Waals surface area contributed by atoms with Gasteiger partial charge in [-0.15, -0.1) is 0 Å². The molecule has 0 N–H and O–H groups in total. The third-order valence-electron chi connectivity index (χ3n) is 2.02. The lowest BCUT2D eigenvalue weighted by Gasteiger charge is -2.03. The van der Waals surface area contributed by atoms with E-state index in [4.69, 9.17) is 11.6 Å². The van der Waals surface area contributed by atoms with E-state index in [1.165, 1.54) is 6.07 Å². The summed E-state index contributed by atoms with van der Waals surface area (Å²) >= 11 is 9.00. The first kappa shape index (κ1) is 11.5. The largest absolute Gasteiger partial charge is 0.233 e. The fourth-order valence-electron chi connectivity index (χ4n) is 1.33. The molecule has 0 saturated carbocycles. The fourth-order valence-corrected chi connectivity index (χ4v) is 1.99. The Kier molecular flexibility index (Phi) is 3.21. The van der Waals surface area contributed by atoms with Gasteiger partial charge < -0.3 is 0 Å². The number of rotatable bonds is 1. The molecule has 2 aromatic rings. The number of nitrogens with zero attached hydrogens (tertiary/aromatic N) is 2. The monoisotopic (exact) mass is 300 g/mol. The van der Waals surface area contributed by atoms with Crippen molar-refractivity contribution in [2.24, 2.45) is 0 Å². The molecule has 0 aliphatic heterocycles. The first-order valence-electron chi connectivity index (χ1n) is 4.53. The molecule has 1 aromatic heterocycles. The van der Waals surface area contributed by atoms with Gasteiger partial charge in [-0.1, -0.05) is 11.6 Å². The zero-order chi connectivity index (χ0) is 11.7. The van der Waals surface area contributed by atoms with Crippen molar-refractivity contribution in [1.82, 2.24) is 9.97 Å². The van der Waals surface area contributed by atoms with Gasteiger partial charge in [-0.05, 0) is 47.1 Å². The molecule has 0 spiro atoms. The Morgan fingerprint density at radius 1 is 1.25 bits per heavy atom. The minimum atomic E-state index is -0.435. The third-order valence-corrected chi connectivity index (χ3v) is 2.72. The molecule has 0 amide bonds. The highest BCUT2D eigenvalue weighted by molar-refractivity contribution is 9.10. The van der Waals surface area contributed by atoms with E-state index in [9.17, 15) is 4.39 Å². The van der Waals surface area contributed by atoms with Gasteiger partial charge >= 0.3 is 0 Å². The molecular weight excluding hydrogens is 294 g/mol. The maximum Gasteiger partial charge on any atom is 0.141 e. The van der Waals surface area contributed by atoms with Crippen LogP contribution in [0.4, 0.5) is 4.39 Å². The van der Waals surface area contributed by atoms with E-state index in [1.807, 2.05) is 0 Å². The summed E-state index contributed by atoms with van der Waals surface area (Å²) < 4.78 is 13.7. The van der Waals surface area contributed by atoms with Crippen molar-refractivity contribution in [2.75, 3.05) is 0 Å². The Morgan fingerprint density at radius 2 is 2.00 bits per heavy atom. The molecule has 16 heavy (non-hydrogen) atoms. The van der Waals surface area contributed by atoms with E-state index >= 15 is 0 Å². The summed E-state index contributed by atoms with van der Waals surface area (Å²) in [6.07, 6.45) is 0. The van der Waals surface area contributed by atoms with Gasteiger partial charge in [-0.3, -0.25) is 0 Å². The van der Waals surface area contributed by atoms with Gasteiger partial charge in [0.05, 0.1) is 10.7 Å². The Hall–Kier alpha value is -1.00. The normalized spacial score (nSPS) is 10.5. The average molecular weight is 302 g/mol. The van der Waals surface area contributed by atoms with Gasteiger partial charge in [0, 0.05) is 5.56 Å². The summed E-state index contributed by atoms with van der Waals surface area (Å²) in [6.45, 7) is 1.79. The molecule has 0 radical (unpaired) electrons. The van der Waals surface area contributed by atoms with Crippen LogP contribution in [0.15, 0.2) is 28.9 Å². The van der Waals surface area contributed by atoms with E-state index in [2.05, 4.69) is 25.9 Å². The molecule has 2 rings (SSSR count). The summed E-state index contributed by atoms with van der Waals surface area (Å²) in [5.41, 5.74) is 1.47. The number of aryl methyl sites for hydroxylation is 1. The highest BCUT2D eigenvalue weighted by Gasteiger charge is 2.06. The predicted molar refractivity (Wildman–Crippen MR) is 64.9 cm³/mol. The van der Waals surface area contributed by atoms with E-state index < -0.39 is 5.82 Å². The average Bonchev–Trinajstić information content (AvgIpc) is 2.20. The summed E-state index contributed by atoms with van der Waals surface area (Å²) in [7, 11) is 0. The Balaban J connectivity index is 2.54.